The fourth-order valence-corrected chi connectivity index (χ4v) is 3.29. The SMILES string of the molecule is Nc1cc(S(=O)(=O)NCCc2ccncc2)c(Cl)cc1F. The number of halogens is 2. The Morgan fingerprint density at radius 1 is 1.29 bits per heavy atom. The quantitative estimate of drug-likeness (QED) is 0.821. The molecule has 112 valence electrons. The van der Waals surface area contributed by atoms with Gasteiger partial charge in [0.1, 0.15) is 10.7 Å². The van der Waals surface area contributed by atoms with Gasteiger partial charge in [0, 0.05) is 18.9 Å². The van der Waals surface area contributed by atoms with Crippen LogP contribution < -0.4 is 10.5 Å². The highest BCUT2D eigenvalue weighted by atomic mass is 35.5. The van der Waals surface area contributed by atoms with Crippen molar-refractivity contribution in [3.05, 3.63) is 53.1 Å². The number of nitrogens with one attached hydrogen (secondary N) is 1. The summed E-state index contributed by atoms with van der Waals surface area (Å²) in [5.41, 5.74) is 6.05. The molecule has 0 aliphatic heterocycles. The molecule has 5 nitrogen and oxygen atoms in total. The Hall–Kier alpha value is -1.70. The number of pyridine rings is 1. The number of anilines is 1. The molecule has 0 saturated carbocycles. The first-order valence-corrected chi connectivity index (χ1v) is 7.89. The van der Waals surface area contributed by atoms with Crippen molar-refractivity contribution in [3.8, 4) is 0 Å². The minimum absolute atomic E-state index is 0.181. The van der Waals surface area contributed by atoms with Crippen molar-refractivity contribution in [2.75, 3.05) is 12.3 Å². The van der Waals surface area contributed by atoms with Gasteiger partial charge in [-0.2, -0.15) is 0 Å². The van der Waals surface area contributed by atoms with Crippen LogP contribution in [0.3, 0.4) is 0 Å². The van der Waals surface area contributed by atoms with Gasteiger partial charge in [-0.05, 0) is 36.2 Å². The Morgan fingerprint density at radius 3 is 2.62 bits per heavy atom. The molecule has 0 radical (unpaired) electrons. The molecule has 8 heteroatoms. The molecule has 0 bridgehead atoms. The molecule has 0 fully saturated rings. The van der Waals surface area contributed by atoms with E-state index >= 15 is 0 Å². The van der Waals surface area contributed by atoms with E-state index in [0.29, 0.717) is 6.42 Å². The maximum absolute atomic E-state index is 13.2. The predicted octanol–water partition coefficient (Wildman–Crippen LogP) is 1.98. The maximum atomic E-state index is 13.2. The molecule has 21 heavy (non-hydrogen) atoms. The molecule has 0 aliphatic rings. The normalized spacial score (nSPS) is 11.5. The first-order valence-electron chi connectivity index (χ1n) is 6.03. The van der Waals surface area contributed by atoms with E-state index in [1.807, 2.05) is 0 Å². The van der Waals surface area contributed by atoms with Crippen LogP contribution >= 0.6 is 11.6 Å². The third-order valence-corrected chi connectivity index (χ3v) is 4.72. The highest BCUT2D eigenvalue weighted by molar-refractivity contribution is 7.89. The molecule has 2 rings (SSSR count). The second-order valence-corrected chi connectivity index (χ2v) is 6.45. The van der Waals surface area contributed by atoms with E-state index in [4.69, 9.17) is 17.3 Å². The van der Waals surface area contributed by atoms with Crippen molar-refractivity contribution < 1.29 is 12.8 Å². The summed E-state index contributed by atoms with van der Waals surface area (Å²) in [6, 6.07) is 5.47. The molecular weight excluding hydrogens is 317 g/mol. The zero-order chi connectivity index (χ0) is 15.5. The van der Waals surface area contributed by atoms with E-state index < -0.39 is 15.8 Å². The van der Waals surface area contributed by atoms with Crippen LogP contribution in [0, 0.1) is 5.82 Å². The number of hydrogen-bond donors (Lipinski definition) is 2. The van der Waals surface area contributed by atoms with Crippen molar-refractivity contribution in [2.45, 2.75) is 11.3 Å². The van der Waals surface area contributed by atoms with Crippen LogP contribution in [0.15, 0.2) is 41.6 Å². The number of aromatic nitrogens is 1. The molecule has 2 aromatic rings. The lowest BCUT2D eigenvalue weighted by Gasteiger charge is -2.09. The summed E-state index contributed by atoms with van der Waals surface area (Å²) in [4.78, 5) is 3.64. The fraction of sp³-hybridized carbons (Fsp3) is 0.154. The summed E-state index contributed by atoms with van der Waals surface area (Å²) in [7, 11) is -3.84. The number of rotatable bonds is 5. The maximum Gasteiger partial charge on any atom is 0.242 e. The van der Waals surface area contributed by atoms with E-state index in [1.165, 1.54) is 0 Å². The molecule has 0 atom stereocenters. The van der Waals surface area contributed by atoms with Crippen molar-refractivity contribution in [3.63, 3.8) is 0 Å². The Kier molecular flexibility index (Phi) is 4.76. The average Bonchev–Trinajstić information content (AvgIpc) is 2.43. The Labute approximate surface area is 127 Å². The second-order valence-electron chi connectivity index (χ2n) is 4.31. The van der Waals surface area contributed by atoms with E-state index in [0.717, 1.165) is 17.7 Å². The number of nitrogens with zero attached hydrogens (tertiary/aromatic N) is 1. The van der Waals surface area contributed by atoms with Crippen molar-refractivity contribution >= 4 is 27.3 Å². The third-order valence-electron chi connectivity index (χ3n) is 2.80. The van der Waals surface area contributed by atoms with Gasteiger partial charge in [0.05, 0.1) is 10.7 Å². The molecule has 1 heterocycles. The first kappa shape index (κ1) is 15.7. The van der Waals surface area contributed by atoms with Crippen LogP contribution in [0.1, 0.15) is 5.56 Å². The van der Waals surface area contributed by atoms with Crippen LogP contribution in [-0.4, -0.2) is 19.9 Å². The van der Waals surface area contributed by atoms with E-state index in [9.17, 15) is 12.8 Å². The Bertz CT molecular complexity index is 739. The van der Waals surface area contributed by atoms with Gasteiger partial charge in [-0.15, -0.1) is 0 Å². The van der Waals surface area contributed by atoms with Crippen LogP contribution in [-0.2, 0) is 16.4 Å². The van der Waals surface area contributed by atoms with Crippen molar-refractivity contribution in [1.82, 2.24) is 9.71 Å². The highest BCUT2D eigenvalue weighted by Gasteiger charge is 2.19. The molecule has 3 N–H and O–H groups in total. The summed E-state index contributed by atoms with van der Waals surface area (Å²) in [6.45, 7) is 0.181. The number of sulfonamides is 1. The molecule has 1 aromatic carbocycles. The van der Waals surface area contributed by atoms with Gasteiger partial charge >= 0.3 is 0 Å². The lowest BCUT2D eigenvalue weighted by atomic mass is 10.2. The van der Waals surface area contributed by atoms with Crippen LogP contribution in [0.5, 0.6) is 0 Å². The Balaban J connectivity index is 2.10. The molecule has 0 spiro atoms. The number of hydrogen-bond acceptors (Lipinski definition) is 4. The molecule has 0 saturated heterocycles. The van der Waals surface area contributed by atoms with Gasteiger partial charge in [0.2, 0.25) is 10.0 Å². The molecule has 1 aromatic heterocycles. The largest absolute Gasteiger partial charge is 0.396 e. The average molecular weight is 330 g/mol. The lowest BCUT2D eigenvalue weighted by molar-refractivity contribution is 0.581. The lowest BCUT2D eigenvalue weighted by Crippen LogP contribution is -2.26. The number of nitrogens with two attached hydrogens (primary N) is 1. The predicted molar refractivity (Wildman–Crippen MR) is 79.0 cm³/mol. The topological polar surface area (TPSA) is 85.1 Å². The fourth-order valence-electron chi connectivity index (χ4n) is 1.71. The van der Waals surface area contributed by atoms with Crippen molar-refractivity contribution in [1.29, 1.82) is 0 Å². The minimum atomic E-state index is -3.84. The molecular formula is C13H13ClFN3O2S. The monoisotopic (exact) mass is 329 g/mol. The highest BCUT2D eigenvalue weighted by Crippen LogP contribution is 2.26. The van der Waals surface area contributed by atoms with Crippen molar-refractivity contribution in [2.24, 2.45) is 0 Å². The molecule has 0 aliphatic carbocycles. The minimum Gasteiger partial charge on any atom is -0.396 e. The Morgan fingerprint density at radius 2 is 1.95 bits per heavy atom. The van der Waals surface area contributed by atoms with E-state index in [2.05, 4.69) is 9.71 Å². The standard InChI is InChI=1S/C13H13ClFN3O2S/c14-10-7-11(15)12(16)8-13(10)21(19,20)18-6-3-9-1-4-17-5-2-9/h1-2,4-5,7-8,18H,3,6,16H2. The van der Waals surface area contributed by atoms with Crippen LogP contribution in [0.4, 0.5) is 10.1 Å². The van der Waals surface area contributed by atoms with Gasteiger partial charge in [-0.25, -0.2) is 17.5 Å². The van der Waals surface area contributed by atoms with Gasteiger partial charge in [0.15, 0.2) is 0 Å². The summed E-state index contributed by atoms with van der Waals surface area (Å²) in [5, 5.41) is -0.210. The van der Waals surface area contributed by atoms with Crippen LogP contribution in [0.25, 0.3) is 0 Å². The van der Waals surface area contributed by atoms with Gasteiger partial charge < -0.3 is 5.73 Å². The van der Waals surface area contributed by atoms with Gasteiger partial charge in [-0.1, -0.05) is 11.6 Å². The van der Waals surface area contributed by atoms with Crippen LogP contribution in [0.2, 0.25) is 5.02 Å². The van der Waals surface area contributed by atoms with Gasteiger partial charge in [-0.3, -0.25) is 4.98 Å². The number of benzene rings is 1. The van der Waals surface area contributed by atoms with Gasteiger partial charge in [0.25, 0.3) is 0 Å². The first-order chi connectivity index (χ1) is 9.90. The van der Waals surface area contributed by atoms with E-state index in [-0.39, 0.29) is 22.2 Å². The molecule has 0 amide bonds. The third kappa shape index (κ3) is 3.90. The summed E-state index contributed by atoms with van der Waals surface area (Å²) < 4.78 is 39.8. The summed E-state index contributed by atoms with van der Waals surface area (Å²) >= 11 is 5.76. The molecule has 0 unspecified atom stereocenters. The smallest absolute Gasteiger partial charge is 0.242 e. The zero-order valence-corrected chi connectivity index (χ0v) is 12.5. The number of nitrogen functional groups attached to an aromatic ring is 1. The second kappa shape index (κ2) is 6.38. The summed E-state index contributed by atoms with van der Waals surface area (Å²) in [6.07, 6.45) is 3.75. The summed E-state index contributed by atoms with van der Waals surface area (Å²) in [5.74, 6) is -0.754. The van der Waals surface area contributed by atoms with E-state index in [1.54, 1.807) is 24.5 Å². The zero-order valence-electron chi connectivity index (χ0n) is 10.9.